The van der Waals surface area contributed by atoms with E-state index in [1.165, 1.54) is 5.56 Å². The summed E-state index contributed by atoms with van der Waals surface area (Å²) in [5, 5.41) is 0. The molecule has 152 valence electrons. The van der Waals surface area contributed by atoms with Crippen molar-refractivity contribution in [3.05, 3.63) is 59.4 Å². The summed E-state index contributed by atoms with van der Waals surface area (Å²) in [5.74, 6) is 0.428. The second kappa shape index (κ2) is 7.36. The number of amides is 2. The van der Waals surface area contributed by atoms with Gasteiger partial charge in [-0.05, 0) is 50.3 Å². The van der Waals surface area contributed by atoms with Gasteiger partial charge in [-0.1, -0.05) is 36.2 Å². The number of benzene rings is 1. The number of aromatic nitrogens is 1. The van der Waals surface area contributed by atoms with Gasteiger partial charge in [0, 0.05) is 36.9 Å². The Balaban J connectivity index is 1.41. The molecule has 0 bridgehead atoms. The Kier molecular flexibility index (Phi) is 4.69. The van der Waals surface area contributed by atoms with Gasteiger partial charge >= 0.3 is 0 Å². The first kappa shape index (κ1) is 18.5. The molecule has 0 unspecified atom stereocenters. The van der Waals surface area contributed by atoms with E-state index in [1.54, 1.807) is 0 Å². The van der Waals surface area contributed by atoms with E-state index in [2.05, 4.69) is 54.1 Å². The van der Waals surface area contributed by atoms with Gasteiger partial charge in [-0.15, -0.1) is 0 Å². The molecule has 3 aliphatic rings. The van der Waals surface area contributed by atoms with Crippen LogP contribution in [0.3, 0.4) is 0 Å². The van der Waals surface area contributed by atoms with Gasteiger partial charge in [0.25, 0.3) is 0 Å². The molecule has 0 spiro atoms. The second-order valence-corrected chi connectivity index (χ2v) is 8.85. The monoisotopic (exact) mass is 391 g/mol. The van der Waals surface area contributed by atoms with Crippen LogP contribution in [0.1, 0.15) is 55.0 Å². The first-order chi connectivity index (χ1) is 14.1. The minimum Gasteiger partial charge on any atom is -0.348 e. The van der Waals surface area contributed by atoms with Crippen molar-refractivity contribution < 1.29 is 9.59 Å². The molecule has 0 saturated heterocycles. The Morgan fingerprint density at radius 1 is 1.03 bits per heavy atom. The molecule has 2 aliphatic carbocycles. The van der Waals surface area contributed by atoms with E-state index >= 15 is 0 Å². The van der Waals surface area contributed by atoms with E-state index in [-0.39, 0.29) is 36.4 Å². The molecule has 5 heteroatoms. The molecular weight excluding hydrogens is 362 g/mol. The van der Waals surface area contributed by atoms with Crippen molar-refractivity contribution >= 4 is 11.8 Å². The lowest BCUT2D eigenvalue weighted by atomic mass is 9.84. The van der Waals surface area contributed by atoms with Crippen LogP contribution in [0, 0.1) is 12.8 Å². The molecular formula is C24H29N3O2. The molecule has 1 atom stereocenters. The number of aryl methyl sites for hydroxylation is 1. The zero-order valence-corrected chi connectivity index (χ0v) is 17.1. The SMILES string of the molecule is Cc1ccc([C@H]2c3cccn3CCN2C(=O)CN(C(=O)C2CCC2)C2CC2)cc1. The highest BCUT2D eigenvalue weighted by Crippen LogP contribution is 2.36. The third-order valence-corrected chi connectivity index (χ3v) is 6.78. The molecule has 2 amide bonds. The van der Waals surface area contributed by atoms with Crippen LogP contribution in [0.5, 0.6) is 0 Å². The van der Waals surface area contributed by atoms with Gasteiger partial charge < -0.3 is 14.4 Å². The number of carbonyl (C=O) groups is 2. The number of hydrogen-bond acceptors (Lipinski definition) is 2. The summed E-state index contributed by atoms with van der Waals surface area (Å²) in [4.78, 5) is 30.3. The molecule has 0 radical (unpaired) electrons. The highest BCUT2D eigenvalue weighted by molar-refractivity contribution is 5.87. The summed E-state index contributed by atoms with van der Waals surface area (Å²) in [5.41, 5.74) is 3.49. The molecule has 1 aromatic heterocycles. The molecule has 2 fully saturated rings. The van der Waals surface area contributed by atoms with Crippen molar-refractivity contribution in [2.75, 3.05) is 13.1 Å². The number of carbonyl (C=O) groups excluding carboxylic acids is 2. The average molecular weight is 392 g/mol. The van der Waals surface area contributed by atoms with Crippen molar-refractivity contribution in [1.29, 1.82) is 0 Å². The maximum atomic E-state index is 13.5. The van der Waals surface area contributed by atoms with E-state index in [9.17, 15) is 9.59 Å². The predicted octanol–water partition coefficient (Wildman–Crippen LogP) is 3.52. The summed E-state index contributed by atoms with van der Waals surface area (Å²) in [7, 11) is 0. The highest BCUT2D eigenvalue weighted by Gasteiger charge is 2.40. The third-order valence-electron chi connectivity index (χ3n) is 6.78. The summed E-state index contributed by atoms with van der Waals surface area (Å²) in [6.07, 6.45) is 7.28. The maximum absolute atomic E-state index is 13.5. The van der Waals surface area contributed by atoms with Crippen LogP contribution < -0.4 is 0 Å². The molecule has 1 aliphatic heterocycles. The standard InChI is InChI=1S/C24H29N3O2/c1-17-7-9-18(10-8-17)23-21-6-3-13-25(21)14-15-26(23)22(28)16-27(20-11-12-20)24(29)19-4-2-5-19/h3,6-10,13,19-20,23H,2,4-5,11-12,14-16H2,1H3/t23-/m0/s1. The minimum absolute atomic E-state index is 0.0719. The topological polar surface area (TPSA) is 45.6 Å². The van der Waals surface area contributed by atoms with Gasteiger partial charge in [-0.25, -0.2) is 0 Å². The predicted molar refractivity (Wildman–Crippen MR) is 111 cm³/mol. The zero-order valence-electron chi connectivity index (χ0n) is 17.1. The van der Waals surface area contributed by atoms with Gasteiger partial charge in [0.15, 0.2) is 0 Å². The fraction of sp³-hybridized carbons (Fsp3) is 0.500. The Morgan fingerprint density at radius 2 is 1.79 bits per heavy atom. The molecule has 2 saturated carbocycles. The maximum Gasteiger partial charge on any atom is 0.243 e. The first-order valence-electron chi connectivity index (χ1n) is 10.9. The summed E-state index contributed by atoms with van der Waals surface area (Å²) < 4.78 is 2.24. The largest absolute Gasteiger partial charge is 0.348 e. The van der Waals surface area contributed by atoms with E-state index in [0.717, 1.165) is 49.9 Å². The number of rotatable bonds is 5. The van der Waals surface area contributed by atoms with Gasteiger partial charge in [-0.2, -0.15) is 0 Å². The van der Waals surface area contributed by atoms with Crippen LogP contribution in [0.4, 0.5) is 0 Å². The van der Waals surface area contributed by atoms with Crippen LogP contribution in [0.15, 0.2) is 42.6 Å². The zero-order chi connectivity index (χ0) is 20.0. The molecule has 2 heterocycles. The van der Waals surface area contributed by atoms with Crippen LogP contribution >= 0.6 is 0 Å². The van der Waals surface area contributed by atoms with Crippen LogP contribution in [-0.4, -0.2) is 45.3 Å². The summed E-state index contributed by atoms with van der Waals surface area (Å²) >= 11 is 0. The van der Waals surface area contributed by atoms with E-state index in [4.69, 9.17) is 0 Å². The van der Waals surface area contributed by atoms with Crippen molar-refractivity contribution in [3.63, 3.8) is 0 Å². The number of hydrogen-bond donors (Lipinski definition) is 0. The highest BCUT2D eigenvalue weighted by atomic mass is 16.2. The van der Waals surface area contributed by atoms with Crippen molar-refractivity contribution in [2.24, 2.45) is 5.92 Å². The fourth-order valence-corrected chi connectivity index (χ4v) is 4.65. The molecule has 2 aromatic rings. The second-order valence-electron chi connectivity index (χ2n) is 8.85. The lowest BCUT2D eigenvalue weighted by Gasteiger charge is -2.39. The Labute approximate surface area is 172 Å². The molecule has 5 rings (SSSR count). The van der Waals surface area contributed by atoms with Gasteiger partial charge in [0.05, 0.1) is 6.04 Å². The van der Waals surface area contributed by atoms with E-state index < -0.39 is 0 Å². The molecule has 29 heavy (non-hydrogen) atoms. The minimum atomic E-state index is -0.0910. The summed E-state index contributed by atoms with van der Waals surface area (Å²) in [6.45, 7) is 3.78. The van der Waals surface area contributed by atoms with Crippen molar-refractivity contribution in [1.82, 2.24) is 14.4 Å². The normalized spacial score (nSPS) is 21.4. The van der Waals surface area contributed by atoms with E-state index in [1.807, 2.05) is 9.80 Å². The van der Waals surface area contributed by atoms with Gasteiger partial charge in [0.2, 0.25) is 11.8 Å². The Hall–Kier alpha value is -2.56. The number of nitrogens with zero attached hydrogens (tertiary/aromatic N) is 3. The molecule has 1 aromatic carbocycles. The quantitative estimate of drug-likeness (QED) is 0.783. The fourth-order valence-electron chi connectivity index (χ4n) is 4.65. The van der Waals surface area contributed by atoms with Crippen molar-refractivity contribution in [2.45, 2.75) is 57.7 Å². The Bertz CT molecular complexity index is 908. The van der Waals surface area contributed by atoms with Crippen LogP contribution in [0.25, 0.3) is 0 Å². The van der Waals surface area contributed by atoms with E-state index in [0.29, 0.717) is 6.54 Å². The smallest absolute Gasteiger partial charge is 0.243 e. The van der Waals surface area contributed by atoms with Crippen LogP contribution in [0.2, 0.25) is 0 Å². The molecule has 0 N–H and O–H groups in total. The van der Waals surface area contributed by atoms with Gasteiger partial charge in [0.1, 0.15) is 6.54 Å². The van der Waals surface area contributed by atoms with Crippen molar-refractivity contribution in [3.8, 4) is 0 Å². The molecule has 5 nitrogen and oxygen atoms in total. The third kappa shape index (κ3) is 3.47. The lowest BCUT2D eigenvalue weighted by Crippen LogP contribution is -2.50. The first-order valence-corrected chi connectivity index (χ1v) is 10.9. The Morgan fingerprint density at radius 3 is 2.45 bits per heavy atom. The van der Waals surface area contributed by atoms with Crippen LogP contribution in [-0.2, 0) is 16.1 Å². The summed E-state index contributed by atoms with van der Waals surface area (Å²) in [6, 6.07) is 12.8. The average Bonchev–Trinajstić information content (AvgIpc) is 3.40. The van der Waals surface area contributed by atoms with Gasteiger partial charge in [-0.3, -0.25) is 9.59 Å². The number of fused-ring (bicyclic) bond motifs is 1. The lowest BCUT2D eigenvalue weighted by molar-refractivity contribution is -0.146.